The minimum atomic E-state index is -0.467. The largest absolute Gasteiger partial charge is 0.296 e. The summed E-state index contributed by atoms with van der Waals surface area (Å²) in [6.07, 6.45) is 3.34. The zero-order valence-corrected chi connectivity index (χ0v) is 9.70. The molecule has 1 aromatic carbocycles. The average Bonchev–Trinajstić information content (AvgIpc) is 2.20. The van der Waals surface area contributed by atoms with Crippen LogP contribution in [0.15, 0.2) is 40.5 Å². The van der Waals surface area contributed by atoms with E-state index in [1.54, 1.807) is 17.2 Å². The molecule has 1 aromatic rings. The Bertz CT molecular complexity index is 409. The first-order valence-electron chi connectivity index (χ1n) is 4.57. The van der Waals surface area contributed by atoms with Gasteiger partial charge >= 0.3 is 0 Å². The number of nitrogens with zero attached hydrogens (tertiary/aromatic N) is 2. The van der Waals surface area contributed by atoms with Crippen LogP contribution in [-0.4, -0.2) is 11.8 Å². The van der Waals surface area contributed by atoms with E-state index in [0.717, 1.165) is 5.69 Å². The smallest absolute Gasteiger partial charge is 0.202 e. The Labute approximate surface area is 98.8 Å². The highest BCUT2D eigenvalue weighted by Crippen LogP contribution is 2.28. The Morgan fingerprint density at radius 3 is 2.53 bits per heavy atom. The fourth-order valence-corrected chi connectivity index (χ4v) is 1.96. The Morgan fingerprint density at radius 2 is 1.93 bits per heavy atom. The predicted octanol–water partition coefficient (Wildman–Crippen LogP) is 3.49. The first-order valence-corrected chi connectivity index (χ1v) is 5.39. The minimum absolute atomic E-state index is 0.467. The molecule has 0 bridgehead atoms. The number of aryl methyl sites for hydroxylation is 1. The van der Waals surface area contributed by atoms with Crippen LogP contribution in [0.1, 0.15) is 5.56 Å². The first-order chi connectivity index (χ1) is 7.18. The van der Waals surface area contributed by atoms with Crippen molar-refractivity contribution in [3.05, 3.63) is 41.1 Å². The first kappa shape index (κ1) is 10.5. The molecular formula is C11H10Cl2N2. The quantitative estimate of drug-likeness (QED) is 0.542. The molecule has 0 aromatic heterocycles. The monoisotopic (exact) mass is 240 g/mol. The molecule has 4 heteroatoms. The van der Waals surface area contributed by atoms with E-state index in [0.29, 0.717) is 5.16 Å². The highest BCUT2D eigenvalue weighted by atomic mass is 35.5. The summed E-state index contributed by atoms with van der Waals surface area (Å²) in [7, 11) is 0. The van der Waals surface area contributed by atoms with Gasteiger partial charge in [-0.25, -0.2) is 0 Å². The fourth-order valence-electron chi connectivity index (χ4n) is 1.38. The van der Waals surface area contributed by atoms with Gasteiger partial charge in [-0.05, 0) is 25.1 Å². The number of hydrogen-bond acceptors (Lipinski definition) is 2. The Hall–Kier alpha value is -0.990. The normalized spacial score (nSPS) is 20.3. The van der Waals surface area contributed by atoms with Crippen molar-refractivity contribution in [2.45, 2.75) is 12.5 Å². The zero-order chi connectivity index (χ0) is 10.8. The molecule has 78 valence electrons. The molecule has 0 spiro atoms. The summed E-state index contributed by atoms with van der Waals surface area (Å²) in [5.41, 5.74) is 1.68. The van der Waals surface area contributed by atoms with Gasteiger partial charge < -0.3 is 0 Å². The van der Waals surface area contributed by atoms with Gasteiger partial charge in [0.15, 0.2) is 0 Å². The molecule has 0 radical (unpaired) electrons. The van der Waals surface area contributed by atoms with Crippen molar-refractivity contribution in [3.8, 4) is 0 Å². The molecule has 2 nitrogen and oxygen atoms in total. The van der Waals surface area contributed by atoms with Crippen molar-refractivity contribution in [2.24, 2.45) is 4.99 Å². The number of alkyl halides is 1. The van der Waals surface area contributed by atoms with E-state index in [1.165, 1.54) is 5.56 Å². The van der Waals surface area contributed by atoms with Crippen LogP contribution >= 0.6 is 23.2 Å². The van der Waals surface area contributed by atoms with Crippen LogP contribution < -0.4 is 4.90 Å². The van der Waals surface area contributed by atoms with Crippen LogP contribution in [0, 0.1) is 6.92 Å². The summed E-state index contributed by atoms with van der Waals surface area (Å²) in [6.45, 7) is 2.04. The van der Waals surface area contributed by atoms with Crippen LogP contribution in [0.2, 0.25) is 0 Å². The number of aliphatic imine (C=N–C) groups is 1. The highest BCUT2D eigenvalue weighted by Gasteiger charge is 2.20. The molecule has 0 fully saturated rings. The number of rotatable bonds is 1. The third-order valence-corrected chi connectivity index (χ3v) is 2.79. The predicted molar refractivity (Wildman–Crippen MR) is 65.7 cm³/mol. The zero-order valence-electron chi connectivity index (χ0n) is 8.19. The maximum absolute atomic E-state index is 6.06. The third kappa shape index (κ3) is 2.16. The molecule has 1 unspecified atom stereocenters. The lowest BCUT2D eigenvalue weighted by Crippen LogP contribution is -2.29. The van der Waals surface area contributed by atoms with Crippen LogP contribution in [-0.2, 0) is 0 Å². The maximum Gasteiger partial charge on any atom is 0.202 e. The number of halogens is 2. The third-order valence-electron chi connectivity index (χ3n) is 2.18. The molecule has 0 saturated heterocycles. The van der Waals surface area contributed by atoms with Crippen molar-refractivity contribution in [2.75, 3.05) is 4.90 Å². The SMILES string of the molecule is Cc1ccc(N2C(Cl)=CC=NC2Cl)cc1. The molecule has 15 heavy (non-hydrogen) atoms. The average molecular weight is 241 g/mol. The summed E-state index contributed by atoms with van der Waals surface area (Å²) in [5, 5.41) is 0.578. The lowest BCUT2D eigenvalue weighted by Gasteiger charge is -2.28. The van der Waals surface area contributed by atoms with Crippen molar-refractivity contribution in [3.63, 3.8) is 0 Å². The van der Waals surface area contributed by atoms with E-state index in [2.05, 4.69) is 4.99 Å². The maximum atomic E-state index is 6.06. The summed E-state index contributed by atoms with van der Waals surface area (Å²) in [4.78, 5) is 5.83. The summed E-state index contributed by atoms with van der Waals surface area (Å²) >= 11 is 12.1. The van der Waals surface area contributed by atoms with Crippen LogP contribution in [0.3, 0.4) is 0 Å². The summed E-state index contributed by atoms with van der Waals surface area (Å²) in [5.74, 6) is 0. The molecule has 1 aliphatic rings. The molecular weight excluding hydrogens is 231 g/mol. The van der Waals surface area contributed by atoms with E-state index in [1.807, 2.05) is 31.2 Å². The molecule has 1 aliphatic heterocycles. The number of benzene rings is 1. The molecule has 2 rings (SSSR count). The Kier molecular flexibility index (Phi) is 2.98. The van der Waals surface area contributed by atoms with Gasteiger partial charge in [-0.1, -0.05) is 40.9 Å². The molecule has 0 saturated carbocycles. The van der Waals surface area contributed by atoms with Gasteiger partial charge in [-0.15, -0.1) is 0 Å². The second-order valence-electron chi connectivity index (χ2n) is 3.30. The molecule has 1 atom stereocenters. The highest BCUT2D eigenvalue weighted by molar-refractivity contribution is 6.34. The Balaban J connectivity index is 2.34. The molecule has 0 amide bonds. The van der Waals surface area contributed by atoms with Crippen LogP contribution in [0.25, 0.3) is 0 Å². The number of anilines is 1. The van der Waals surface area contributed by atoms with E-state index >= 15 is 0 Å². The van der Waals surface area contributed by atoms with Gasteiger partial charge in [0, 0.05) is 11.9 Å². The van der Waals surface area contributed by atoms with Gasteiger partial charge in [-0.3, -0.25) is 9.89 Å². The summed E-state index contributed by atoms with van der Waals surface area (Å²) < 4.78 is 0. The van der Waals surface area contributed by atoms with E-state index in [4.69, 9.17) is 23.2 Å². The second-order valence-corrected chi connectivity index (χ2v) is 4.08. The molecule has 0 aliphatic carbocycles. The standard InChI is InChI=1S/C11H10Cl2N2/c1-8-2-4-9(5-3-8)15-10(12)6-7-14-11(15)13/h2-7,11H,1H3. The minimum Gasteiger partial charge on any atom is -0.296 e. The van der Waals surface area contributed by atoms with Crippen LogP contribution in [0.4, 0.5) is 5.69 Å². The van der Waals surface area contributed by atoms with Gasteiger partial charge in [0.2, 0.25) is 5.62 Å². The van der Waals surface area contributed by atoms with E-state index < -0.39 is 5.62 Å². The second kappa shape index (κ2) is 4.25. The van der Waals surface area contributed by atoms with Crippen molar-refractivity contribution >= 4 is 35.1 Å². The molecule has 1 heterocycles. The molecule has 0 N–H and O–H groups in total. The topological polar surface area (TPSA) is 15.6 Å². The van der Waals surface area contributed by atoms with Crippen molar-refractivity contribution in [1.29, 1.82) is 0 Å². The fraction of sp³-hybridized carbons (Fsp3) is 0.182. The lowest BCUT2D eigenvalue weighted by atomic mass is 10.2. The van der Waals surface area contributed by atoms with Gasteiger partial charge in [-0.2, -0.15) is 0 Å². The van der Waals surface area contributed by atoms with Gasteiger partial charge in [0.05, 0.1) is 0 Å². The van der Waals surface area contributed by atoms with Crippen molar-refractivity contribution in [1.82, 2.24) is 0 Å². The lowest BCUT2D eigenvalue weighted by molar-refractivity contribution is 0.882. The van der Waals surface area contributed by atoms with E-state index in [9.17, 15) is 0 Å². The van der Waals surface area contributed by atoms with E-state index in [-0.39, 0.29) is 0 Å². The Morgan fingerprint density at radius 1 is 1.27 bits per heavy atom. The number of allylic oxidation sites excluding steroid dienone is 1. The van der Waals surface area contributed by atoms with Gasteiger partial charge in [0.25, 0.3) is 0 Å². The summed E-state index contributed by atoms with van der Waals surface area (Å²) in [6, 6.07) is 7.98. The van der Waals surface area contributed by atoms with Crippen molar-refractivity contribution < 1.29 is 0 Å². The number of hydrogen-bond donors (Lipinski definition) is 0. The van der Waals surface area contributed by atoms with Crippen LogP contribution in [0.5, 0.6) is 0 Å². The van der Waals surface area contributed by atoms with Gasteiger partial charge in [0.1, 0.15) is 5.16 Å².